The minimum Gasteiger partial charge on any atom is -0.307 e. The van der Waals surface area contributed by atoms with E-state index in [1.165, 1.54) is 12.3 Å². The van der Waals surface area contributed by atoms with Crippen LogP contribution in [0.3, 0.4) is 0 Å². The Labute approximate surface area is 68.1 Å². The van der Waals surface area contributed by atoms with Crippen molar-refractivity contribution in [2.75, 3.05) is 18.2 Å². The number of alkyl halides is 1. The van der Waals surface area contributed by atoms with Gasteiger partial charge in [0.25, 0.3) is 0 Å². The SMILES string of the molecule is CC1(I)CNCSC1. The lowest BCUT2D eigenvalue weighted by Gasteiger charge is -2.27. The van der Waals surface area contributed by atoms with Gasteiger partial charge in [0.15, 0.2) is 0 Å². The minimum absolute atomic E-state index is 0.501. The van der Waals surface area contributed by atoms with Gasteiger partial charge in [-0.05, 0) is 6.92 Å². The first kappa shape index (κ1) is 7.15. The van der Waals surface area contributed by atoms with Crippen LogP contribution in [0.25, 0.3) is 0 Å². The smallest absolute Gasteiger partial charge is 0.0418 e. The first-order chi connectivity index (χ1) is 3.71. The van der Waals surface area contributed by atoms with Crippen molar-refractivity contribution in [1.82, 2.24) is 5.32 Å². The third-order valence-corrected chi connectivity index (χ3v) is 3.63. The summed E-state index contributed by atoms with van der Waals surface area (Å²) in [6.07, 6.45) is 0. The molecule has 0 saturated carbocycles. The van der Waals surface area contributed by atoms with Gasteiger partial charge < -0.3 is 5.32 Å². The Hall–Kier alpha value is 1.04. The van der Waals surface area contributed by atoms with Crippen molar-refractivity contribution >= 4 is 34.4 Å². The Morgan fingerprint density at radius 2 is 2.50 bits per heavy atom. The molecular weight excluding hydrogens is 233 g/mol. The predicted molar refractivity (Wildman–Crippen MR) is 47.8 cm³/mol. The molecule has 0 spiro atoms. The van der Waals surface area contributed by atoms with Crippen LogP contribution >= 0.6 is 34.4 Å². The zero-order valence-corrected chi connectivity index (χ0v) is 7.88. The lowest BCUT2D eigenvalue weighted by atomic mass is 10.2. The fourth-order valence-electron chi connectivity index (χ4n) is 0.699. The van der Waals surface area contributed by atoms with Crippen LogP contribution in [0.2, 0.25) is 0 Å². The largest absolute Gasteiger partial charge is 0.307 e. The Bertz CT molecular complexity index is 76.5. The van der Waals surface area contributed by atoms with Gasteiger partial charge in [-0.15, -0.1) is 11.8 Å². The maximum Gasteiger partial charge on any atom is 0.0418 e. The van der Waals surface area contributed by atoms with E-state index in [2.05, 4.69) is 34.8 Å². The van der Waals surface area contributed by atoms with Crippen molar-refractivity contribution in [1.29, 1.82) is 0 Å². The van der Waals surface area contributed by atoms with E-state index in [1.807, 2.05) is 11.8 Å². The summed E-state index contributed by atoms with van der Waals surface area (Å²) in [6.45, 7) is 3.45. The molecule has 0 aromatic rings. The second-order valence-electron chi connectivity index (χ2n) is 2.33. The molecule has 1 heterocycles. The van der Waals surface area contributed by atoms with Crippen molar-refractivity contribution < 1.29 is 0 Å². The molecule has 3 heteroatoms. The highest BCUT2D eigenvalue weighted by molar-refractivity contribution is 14.1. The van der Waals surface area contributed by atoms with Gasteiger partial charge in [0.2, 0.25) is 0 Å². The van der Waals surface area contributed by atoms with E-state index in [0.29, 0.717) is 3.42 Å². The van der Waals surface area contributed by atoms with Crippen molar-refractivity contribution in [3.63, 3.8) is 0 Å². The van der Waals surface area contributed by atoms with Crippen molar-refractivity contribution in [2.45, 2.75) is 10.3 Å². The molecule has 1 saturated heterocycles. The molecule has 0 bridgehead atoms. The fourth-order valence-corrected chi connectivity index (χ4v) is 2.51. The maximum atomic E-state index is 3.33. The Morgan fingerprint density at radius 1 is 1.75 bits per heavy atom. The molecule has 0 aromatic carbocycles. The van der Waals surface area contributed by atoms with E-state index in [4.69, 9.17) is 0 Å². The molecule has 1 rings (SSSR count). The number of hydrogen-bond acceptors (Lipinski definition) is 2. The first-order valence-corrected chi connectivity index (χ1v) is 4.91. The van der Waals surface area contributed by atoms with Crippen LogP contribution in [0.15, 0.2) is 0 Å². The van der Waals surface area contributed by atoms with E-state index >= 15 is 0 Å². The third kappa shape index (κ3) is 2.11. The van der Waals surface area contributed by atoms with Crippen molar-refractivity contribution in [3.05, 3.63) is 0 Å². The van der Waals surface area contributed by atoms with Crippen LogP contribution in [0.1, 0.15) is 6.92 Å². The summed E-state index contributed by atoms with van der Waals surface area (Å²) in [4.78, 5) is 0. The summed E-state index contributed by atoms with van der Waals surface area (Å²) in [6, 6.07) is 0. The van der Waals surface area contributed by atoms with E-state index in [1.54, 1.807) is 0 Å². The molecule has 0 aliphatic carbocycles. The summed E-state index contributed by atoms with van der Waals surface area (Å²) in [5.41, 5.74) is 0. The quantitative estimate of drug-likeness (QED) is 0.510. The van der Waals surface area contributed by atoms with Gasteiger partial charge in [0.1, 0.15) is 0 Å². The number of hydrogen-bond donors (Lipinski definition) is 1. The van der Waals surface area contributed by atoms with E-state index in [9.17, 15) is 0 Å². The number of rotatable bonds is 0. The first-order valence-electron chi connectivity index (χ1n) is 2.68. The second-order valence-corrected chi connectivity index (χ2v) is 5.92. The van der Waals surface area contributed by atoms with Crippen LogP contribution in [0.4, 0.5) is 0 Å². The van der Waals surface area contributed by atoms with Gasteiger partial charge in [0.05, 0.1) is 0 Å². The molecule has 48 valence electrons. The average molecular weight is 243 g/mol. The number of halogens is 1. The topological polar surface area (TPSA) is 12.0 Å². The average Bonchev–Trinajstić information content (AvgIpc) is 1.65. The van der Waals surface area contributed by atoms with Crippen LogP contribution in [-0.4, -0.2) is 21.6 Å². The van der Waals surface area contributed by atoms with Gasteiger partial charge in [-0.25, -0.2) is 0 Å². The van der Waals surface area contributed by atoms with Crippen LogP contribution in [0.5, 0.6) is 0 Å². The fraction of sp³-hybridized carbons (Fsp3) is 1.00. The Kier molecular flexibility index (Phi) is 2.46. The van der Waals surface area contributed by atoms with Crippen LogP contribution in [-0.2, 0) is 0 Å². The molecule has 1 N–H and O–H groups in total. The lowest BCUT2D eigenvalue weighted by molar-refractivity contribution is 0.647. The van der Waals surface area contributed by atoms with Gasteiger partial charge in [-0.1, -0.05) is 22.6 Å². The molecule has 1 nitrogen and oxygen atoms in total. The molecule has 1 aliphatic heterocycles. The normalized spacial score (nSPS) is 39.8. The summed E-state index contributed by atoms with van der Waals surface area (Å²) in [5.74, 6) is 2.43. The zero-order chi connectivity index (χ0) is 6.04. The van der Waals surface area contributed by atoms with Crippen LogP contribution < -0.4 is 5.32 Å². The zero-order valence-electron chi connectivity index (χ0n) is 4.91. The van der Waals surface area contributed by atoms with E-state index < -0.39 is 0 Å². The molecule has 0 aromatic heterocycles. The number of nitrogens with one attached hydrogen (secondary N) is 1. The molecule has 1 atom stereocenters. The van der Waals surface area contributed by atoms with E-state index in [0.717, 1.165) is 5.88 Å². The summed E-state index contributed by atoms with van der Waals surface area (Å²) in [7, 11) is 0. The van der Waals surface area contributed by atoms with Gasteiger partial charge in [-0.2, -0.15) is 0 Å². The molecule has 8 heavy (non-hydrogen) atoms. The molecule has 1 fully saturated rings. The predicted octanol–water partition coefficient (Wildman–Crippen LogP) is 1.47. The summed E-state index contributed by atoms with van der Waals surface area (Å²) in [5, 5.41) is 3.33. The molecule has 0 radical (unpaired) electrons. The Balaban J connectivity index is 2.33. The highest BCUT2D eigenvalue weighted by atomic mass is 127. The highest BCUT2D eigenvalue weighted by Gasteiger charge is 2.22. The highest BCUT2D eigenvalue weighted by Crippen LogP contribution is 2.25. The Morgan fingerprint density at radius 3 is 2.75 bits per heavy atom. The molecule has 1 unspecified atom stereocenters. The summed E-state index contributed by atoms with van der Waals surface area (Å²) >= 11 is 4.49. The van der Waals surface area contributed by atoms with Crippen LogP contribution in [0, 0.1) is 0 Å². The lowest BCUT2D eigenvalue weighted by Crippen LogP contribution is -2.39. The maximum absolute atomic E-state index is 3.33. The van der Waals surface area contributed by atoms with Gasteiger partial charge >= 0.3 is 0 Å². The monoisotopic (exact) mass is 243 g/mol. The summed E-state index contributed by atoms with van der Waals surface area (Å²) < 4.78 is 0.501. The molecular formula is C5H10INS. The van der Waals surface area contributed by atoms with Gasteiger partial charge in [0, 0.05) is 21.6 Å². The number of thioether (sulfide) groups is 1. The van der Waals surface area contributed by atoms with Gasteiger partial charge in [-0.3, -0.25) is 0 Å². The molecule has 0 amide bonds. The van der Waals surface area contributed by atoms with E-state index in [-0.39, 0.29) is 0 Å². The van der Waals surface area contributed by atoms with Crippen molar-refractivity contribution in [2.24, 2.45) is 0 Å². The van der Waals surface area contributed by atoms with Crippen molar-refractivity contribution in [3.8, 4) is 0 Å². The minimum atomic E-state index is 0.501. The molecule has 1 aliphatic rings. The standard InChI is InChI=1S/C5H10INS/c1-5(6)2-7-4-8-3-5/h7H,2-4H2,1H3. The third-order valence-electron chi connectivity index (χ3n) is 1.10. The second kappa shape index (κ2) is 2.75.